The van der Waals surface area contributed by atoms with E-state index in [2.05, 4.69) is 5.16 Å². The van der Waals surface area contributed by atoms with Crippen LogP contribution >= 0.6 is 23.2 Å². The molecule has 0 bridgehead atoms. The van der Waals surface area contributed by atoms with Crippen molar-refractivity contribution in [3.05, 3.63) is 69.8 Å². The summed E-state index contributed by atoms with van der Waals surface area (Å²) in [5, 5.41) is 5.51. The van der Waals surface area contributed by atoms with Crippen LogP contribution in [0.5, 0.6) is 0 Å². The molecule has 6 heteroatoms. The van der Waals surface area contributed by atoms with E-state index in [-0.39, 0.29) is 5.56 Å². The Morgan fingerprint density at radius 3 is 2.61 bits per heavy atom. The first-order chi connectivity index (χ1) is 11.1. The normalized spacial score (nSPS) is 11.3. The zero-order valence-electron chi connectivity index (χ0n) is 12.2. The van der Waals surface area contributed by atoms with Gasteiger partial charge in [-0.25, -0.2) is 4.79 Å². The number of fused-ring (bicyclic) bond motifs is 1. The molecule has 23 heavy (non-hydrogen) atoms. The lowest BCUT2D eigenvalue weighted by Crippen LogP contribution is -2.01. The number of benzene rings is 2. The Kier molecular flexibility index (Phi) is 4.37. The van der Waals surface area contributed by atoms with Gasteiger partial charge in [0.25, 0.3) is 0 Å². The Balaban J connectivity index is 1.86. The number of aromatic nitrogens is 1. The Morgan fingerprint density at radius 1 is 1.13 bits per heavy atom. The number of nitrogens with zero attached hydrogens (tertiary/aromatic N) is 2. The van der Waals surface area contributed by atoms with E-state index in [0.717, 1.165) is 10.9 Å². The van der Waals surface area contributed by atoms with Gasteiger partial charge in [-0.3, -0.25) is 0 Å². The number of oxime groups is 1. The molecule has 3 aromatic rings. The molecule has 0 amide bonds. The van der Waals surface area contributed by atoms with Crippen molar-refractivity contribution in [1.29, 1.82) is 0 Å². The highest BCUT2D eigenvalue weighted by Gasteiger charge is 2.13. The number of rotatable bonds is 3. The third-order valence-corrected chi connectivity index (χ3v) is 4.27. The van der Waals surface area contributed by atoms with Gasteiger partial charge in [-0.05, 0) is 18.2 Å². The summed E-state index contributed by atoms with van der Waals surface area (Å²) < 4.78 is 1.84. The van der Waals surface area contributed by atoms with Gasteiger partial charge in [0, 0.05) is 23.5 Å². The summed E-state index contributed by atoms with van der Waals surface area (Å²) in [6.45, 7) is 0. The quantitative estimate of drug-likeness (QED) is 0.392. The lowest BCUT2D eigenvalue weighted by atomic mass is 10.2. The van der Waals surface area contributed by atoms with E-state index in [0.29, 0.717) is 15.7 Å². The Morgan fingerprint density at radius 2 is 1.83 bits per heavy atom. The highest BCUT2D eigenvalue weighted by molar-refractivity contribution is 6.34. The summed E-state index contributed by atoms with van der Waals surface area (Å²) in [5.41, 5.74) is 1.92. The molecule has 0 unspecified atom stereocenters. The number of aryl methyl sites for hydroxylation is 1. The fourth-order valence-electron chi connectivity index (χ4n) is 2.32. The van der Waals surface area contributed by atoms with Crippen LogP contribution in [0.15, 0.2) is 53.7 Å². The van der Waals surface area contributed by atoms with Crippen molar-refractivity contribution in [3.63, 3.8) is 0 Å². The topological polar surface area (TPSA) is 43.6 Å². The van der Waals surface area contributed by atoms with Crippen LogP contribution in [-0.2, 0) is 11.9 Å². The molecular formula is C17H12Cl2N2O2. The van der Waals surface area contributed by atoms with E-state index in [1.807, 2.05) is 35.9 Å². The van der Waals surface area contributed by atoms with Crippen LogP contribution in [0, 0.1) is 0 Å². The van der Waals surface area contributed by atoms with Gasteiger partial charge in [-0.2, -0.15) is 0 Å². The number of halogens is 2. The summed E-state index contributed by atoms with van der Waals surface area (Å²) in [5.74, 6) is -0.622. The van der Waals surface area contributed by atoms with Gasteiger partial charge in [0.2, 0.25) is 0 Å². The molecule has 0 N–H and O–H groups in total. The largest absolute Gasteiger partial charge is 0.367 e. The lowest BCUT2D eigenvalue weighted by Gasteiger charge is -1.99. The number of carbonyl (C=O) groups excluding carboxylic acids is 1. The second kappa shape index (κ2) is 6.44. The molecule has 3 rings (SSSR count). The molecule has 0 saturated heterocycles. The van der Waals surface area contributed by atoms with Crippen LogP contribution in [0.4, 0.5) is 0 Å². The van der Waals surface area contributed by atoms with Crippen molar-refractivity contribution in [2.24, 2.45) is 12.2 Å². The summed E-state index contributed by atoms with van der Waals surface area (Å²) in [7, 11) is 1.86. The van der Waals surface area contributed by atoms with Gasteiger partial charge < -0.3 is 9.40 Å². The van der Waals surface area contributed by atoms with Gasteiger partial charge >= 0.3 is 5.97 Å². The minimum absolute atomic E-state index is 0.260. The SMILES string of the molecule is Cn1c(Cl)c(/C=N/OC(=O)c2ccccc2Cl)c2ccccc21. The monoisotopic (exact) mass is 346 g/mol. The van der Waals surface area contributed by atoms with Gasteiger partial charge in [-0.15, -0.1) is 0 Å². The maximum Gasteiger partial charge on any atom is 0.367 e. The first kappa shape index (κ1) is 15.6. The molecule has 4 nitrogen and oxygen atoms in total. The maximum atomic E-state index is 12.0. The zero-order valence-corrected chi connectivity index (χ0v) is 13.7. The number of hydrogen-bond donors (Lipinski definition) is 0. The van der Waals surface area contributed by atoms with E-state index in [1.165, 1.54) is 6.21 Å². The van der Waals surface area contributed by atoms with Crippen molar-refractivity contribution in [1.82, 2.24) is 4.57 Å². The first-order valence-corrected chi connectivity index (χ1v) is 7.57. The highest BCUT2D eigenvalue weighted by Crippen LogP contribution is 2.27. The van der Waals surface area contributed by atoms with Gasteiger partial charge in [0.15, 0.2) is 0 Å². The third-order valence-electron chi connectivity index (χ3n) is 3.48. The average Bonchev–Trinajstić information content (AvgIpc) is 2.80. The number of carbonyl (C=O) groups is 1. The molecule has 0 aliphatic rings. The smallest absolute Gasteiger partial charge is 0.334 e. The minimum atomic E-state index is -0.622. The van der Waals surface area contributed by atoms with Gasteiger partial charge in [0.1, 0.15) is 5.15 Å². The second-order valence-electron chi connectivity index (χ2n) is 4.87. The van der Waals surface area contributed by atoms with Gasteiger partial charge in [-0.1, -0.05) is 58.7 Å². The molecule has 0 aliphatic heterocycles. The van der Waals surface area contributed by atoms with Crippen LogP contribution in [0.3, 0.4) is 0 Å². The lowest BCUT2D eigenvalue weighted by molar-refractivity contribution is 0.0519. The fourth-order valence-corrected chi connectivity index (χ4v) is 2.77. The van der Waals surface area contributed by atoms with E-state index in [1.54, 1.807) is 24.3 Å². The summed E-state index contributed by atoms with van der Waals surface area (Å²) >= 11 is 12.2. The number of hydrogen-bond acceptors (Lipinski definition) is 3. The summed E-state index contributed by atoms with van der Waals surface area (Å²) in [4.78, 5) is 16.9. The van der Waals surface area contributed by atoms with E-state index in [9.17, 15) is 4.79 Å². The zero-order chi connectivity index (χ0) is 16.4. The molecule has 1 aromatic heterocycles. The minimum Gasteiger partial charge on any atom is -0.334 e. The molecule has 116 valence electrons. The molecule has 0 spiro atoms. The van der Waals surface area contributed by atoms with Crippen LogP contribution in [-0.4, -0.2) is 16.8 Å². The maximum absolute atomic E-state index is 12.0. The fraction of sp³-hybridized carbons (Fsp3) is 0.0588. The van der Waals surface area contributed by atoms with Crippen molar-refractivity contribution >= 4 is 46.3 Å². The Hall–Kier alpha value is -2.30. The Bertz CT molecular complexity index is 916. The van der Waals surface area contributed by atoms with E-state index < -0.39 is 5.97 Å². The molecule has 0 saturated carbocycles. The average molecular weight is 347 g/mol. The molecule has 0 fully saturated rings. The third kappa shape index (κ3) is 2.96. The number of para-hydroxylation sites is 1. The summed E-state index contributed by atoms with van der Waals surface area (Å²) in [6, 6.07) is 14.3. The standard InChI is InChI=1S/C17H12Cl2N2O2/c1-21-15-9-5-3-6-11(15)13(16(21)19)10-20-23-17(22)12-7-2-4-8-14(12)18/h2-10H,1H3/b20-10+. The van der Waals surface area contributed by atoms with Crippen LogP contribution in [0.1, 0.15) is 15.9 Å². The first-order valence-electron chi connectivity index (χ1n) is 6.81. The van der Waals surface area contributed by atoms with Crippen molar-refractivity contribution in [3.8, 4) is 0 Å². The molecule has 0 atom stereocenters. The van der Waals surface area contributed by atoms with Crippen LogP contribution < -0.4 is 0 Å². The second-order valence-corrected chi connectivity index (χ2v) is 5.64. The van der Waals surface area contributed by atoms with Crippen molar-refractivity contribution in [2.75, 3.05) is 0 Å². The molecular weight excluding hydrogens is 335 g/mol. The molecule has 1 heterocycles. The van der Waals surface area contributed by atoms with E-state index in [4.69, 9.17) is 28.0 Å². The van der Waals surface area contributed by atoms with Crippen molar-refractivity contribution in [2.45, 2.75) is 0 Å². The Labute approximate surface area is 142 Å². The van der Waals surface area contributed by atoms with Crippen molar-refractivity contribution < 1.29 is 9.63 Å². The van der Waals surface area contributed by atoms with Crippen LogP contribution in [0.25, 0.3) is 10.9 Å². The molecule has 2 aromatic carbocycles. The highest BCUT2D eigenvalue weighted by atomic mass is 35.5. The predicted octanol–water partition coefficient (Wildman–Crippen LogP) is 4.68. The molecule has 0 radical (unpaired) electrons. The predicted molar refractivity (Wildman–Crippen MR) is 92.4 cm³/mol. The molecule has 0 aliphatic carbocycles. The van der Waals surface area contributed by atoms with Crippen LogP contribution in [0.2, 0.25) is 10.2 Å². The summed E-state index contributed by atoms with van der Waals surface area (Å²) in [6.07, 6.45) is 1.43. The van der Waals surface area contributed by atoms with E-state index >= 15 is 0 Å². The van der Waals surface area contributed by atoms with Gasteiger partial charge in [0.05, 0.1) is 16.8 Å².